The molecule has 0 aliphatic rings. The molecule has 0 radical (unpaired) electrons. The van der Waals surface area contributed by atoms with Gasteiger partial charge < -0.3 is 25.2 Å². The Balaban J connectivity index is 4.41. The van der Waals surface area contributed by atoms with Gasteiger partial charge in [-0.05, 0) is 83.5 Å². The number of phosphoric acid groups is 1. The molecule has 0 fully saturated rings. The third kappa shape index (κ3) is 41.6. The number of hydrogen-bond acceptors (Lipinski definition) is 9. The molecule has 12 heteroatoms. The van der Waals surface area contributed by atoms with Crippen LogP contribution in [0.15, 0.2) is 72.9 Å². The van der Waals surface area contributed by atoms with Gasteiger partial charge in [0, 0.05) is 12.8 Å². The zero-order chi connectivity index (χ0) is 44.2. The molecule has 0 aromatic heterocycles. The lowest BCUT2D eigenvalue weighted by atomic mass is 10.1. The van der Waals surface area contributed by atoms with Crippen LogP contribution >= 0.6 is 7.82 Å². The van der Waals surface area contributed by atoms with Gasteiger partial charge in [-0.15, -0.1) is 0 Å². The zero-order valence-corrected chi connectivity index (χ0v) is 38.2. The summed E-state index contributed by atoms with van der Waals surface area (Å²) in [7, 11) is -4.73. The van der Waals surface area contributed by atoms with Gasteiger partial charge in [0.15, 0.2) is 6.10 Å². The van der Waals surface area contributed by atoms with E-state index in [0.717, 1.165) is 77.0 Å². The third-order valence-electron chi connectivity index (χ3n) is 9.44. The molecular weight excluding hydrogens is 781 g/mol. The summed E-state index contributed by atoms with van der Waals surface area (Å²) in [4.78, 5) is 46.0. The van der Waals surface area contributed by atoms with Gasteiger partial charge in [0.1, 0.15) is 12.6 Å². The minimum atomic E-state index is -4.73. The van der Waals surface area contributed by atoms with Gasteiger partial charge in [-0.25, -0.2) is 4.57 Å². The number of carbonyl (C=O) groups excluding carboxylic acids is 2. The number of rotatable bonds is 42. The molecule has 0 aliphatic heterocycles. The number of allylic oxidation sites excluding steroid dienone is 12. The van der Waals surface area contributed by atoms with Crippen molar-refractivity contribution in [2.24, 2.45) is 5.73 Å². The van der Waals surface area contributed by atoms with Crippen LogP contribution in [0.1, 0.15) is 181 Å². The number of aliphatic carboxylic acids is 1. The van der Waals surface area contributed by atoms with Crippen LogP contribution in [0.3, 0.4) is 0 Å². The molecule has 0 saturated carbocycles. The first-order valence-electron chi connectivity index (χ1n) is 23.0. The van der Waals surface area contributed by atoms with Gasteiger partial charge >= 0.3 is 25.7 Å². The van der Waals surface area contributed by atoms with E-state index in [4.69, 9.17) is 24.8 Å². The predicted octanol–water partition coefficient (Wildman–Crippen LogP) is 12.5. The predicted molar refractivity (Wildman–Crippen MR) is 244 cm³/mol. The lowest BCUT2D eigenvalue weighted by Gasteiger charge is -2.20. The van der Waals surface area contributed by atoms with E-state index < -0.39 is 51.1 Å². The molecule has 0 bridgehead atoms. The van der Waals surface area contributed by atoms with Crippen LogP contribution in [-0.4, -0.2) is 59.9 Å². The number of phosphoric ester groups is 1. The van der Waals surface area contributed by atoms with E-state index in [2.05, 4.69) is 91.3 Å². The van der Waals surface area contributed by atoms with Crippen molar-refractivity contribution in [3.63, 3.8) is 0 Å². The molecule has 3 atom stereocenters. The Morgan fingerprint density at radius 2 is 0.933 bits per heavy atom. The molecule has 1 unspecified atom stereocenters. The Hall–Kier alpha value is -3.08. The minimum Gasteiger partial charge on any atom is -0.480 e. The number of carboxylic acid groups (broad SMARTS) is 1. The molecule has 344 valence electrons. The summed E-state index contributed by atoms with van der Waals surface area (Å²) in [6, 6.07) is -1.53. The second-order valence-corrected chi connectivity index (χ2v) is 16.6. The van der Waals surface area contributed by atoms with Crippen molar-refractivity contribution in [2.45, 2.75) is 193 Å². The maximum Gasteiger partial charge on any atom is 0.472 e. The van der Waals surface area contributed by atoms with Gasteiger partial charge in [-0.1, -0.05) is 157 Å². The van der Waals surface area contributed by atoms with Crippen molar-refractivity contribution in [3.05, 3.63) is 72.9 Å². The third-order valence-corrected chi connectivity index (χ3v) is 10.4. The number of ether oxygens (including phenoxy) is 2. The number of unbranched alkanes of at least 4 members (excludes halogenated alkanes) is 16. The Morgan fingerprint density at radius 1 is 0.533 bits per heavy atom. The van der Waals surface area contributed by atoms with Crippen LogP contribution in [0.5, 0.6) is 0 Å². The summed E-state index contributed by atoms with van der Waals surface area (Å²) >= 11 is 0. The molecule has 4 N–H and O–H groups in total. The second kappa shape index (κ2) is 42.6. The topological polar surface area (TPSA) is 172 Å². The first-order chi connectivity index (χ1) is 29.1. The standard InChI is InChI=1S/C48H82NO10P/c1-3-5-7-9-11-13-15-17-19-21-22-24-26-28-30-32-34-36-38-40-47(51)59-44(42-57-60(54,55)58-43-45(49)48(52)53)41-56-46(50)39-37-35-33-31-29-27-25-23-20-18-16-14-12-10-8-6-4-2/h5,7,11,13,17-20,22,24,28,30,44-45H,3-4,6,8-10,12,14-16,21,23,25-27,29,31-43,49H2,1-2H3,(H,52,53)(H,54,55)/b7-5-,13-11-,19-17-,20-18-,24-22-,30-28-/t44-,45+/m1/s1. The van der Waals surface area contributed by atoms with Gasteiger partial charge in [0.05, 0.1) is 13.2 Å². The first-order valence-corrected chi connectivity index (χ1v) is 24.5. The van der Waals surface area contributed by atoms with E-state index in [9.17, 15) is 23.8 Å². The summed E-state index contributed by atoms with van der Waals surface area (Å²) in [6.07, 6.45) is 51.0. The number of esters is 2. The lowest BCUT2D eigenvalue weighted by Crippen LogP contribution is -2.34. The molecule has 11 nitrogen and oxygen atoms in total. The minimum absolute atomic E-state index is 0.118. The molecule has 0 aliphatic carbocycles. The number of hydrogen-bond donors (Lipinski definition) is 3. The highest BCUT2D eigenvalue weighted by Crippen LogP contribution is 2.43. The van der Waals surface area contributed by atoms with Crippen molar-refractivity contribution in [1.82, 2.24) is 0 Å². The van der Waals surface area contributed by atoms with Crippen LogP contribution < -0.4 is 5.73 Å². The zero-order valence-electron chi connectivity index (χ0n) is 37.3. The maximum absolute atomic E-state index is 12.6. The highest BCUT2D eigenvalue weighted by molar-refractivity contribution is 7.47. The Morgan fingerprint density at radius 3 is 1.43 bits per heavy atom. The SMILES string of the molecule is CC/C=C\C/C=C\C/C=C\C/C=C\C/C=C\CCCCCC(=O)O[C@H](COC(=O)CCCCCCCCC/C=C\CCCCCCCC)COP(=O)(O)OC[C@H](N)C(=O)O. The van der Waals surface area contributed by atoms with Crippen LogP contribution in [0.25, 0.3) is 0 Å². The Kier molecular flexibility index (Phi) is 40.4. The smallest absolute Gasteiger partial charge is 0.472 e. The number of carboxylic acids is 1. The molecule has 60 heavy (non-hydrogen) atoms. The van der Waals surface area contributed by atoms with Gasteiger partial charge in [-0.2, -0.15) is 0 Å². The number of carbonyl (C=O) groups is 3. The van der Waals surface area contributed by atoms with Gasteiger partial charge in [0.2, 0.25) is 0 Å². The van der Waals surface area contributed by atoms with Gasteiger partial charge in [-0.3, -0.25) is 23.4 Å². The summed E-state index contributed by atoms with van der Waals surface area (Å²) in [6.45, 7) is 2.65. The van der Waals surface area contributed by atoms with E-state index in [1.54, 1.807) is 0 Å². The lowest BCUT2D eigenvalue weighted by molar-refractivity contribution is -0.161. The average Bonchev–Trinajstić information content (AvgIpc) is 3.22. The molecule has 0 aromatic rings. The van der Waals surface area contributed by atoms with E-state index in [1.807, 2.05) is 0 Å². The molecule has 0 amide bonds. The molecule has 0 saturated heterocycles. The van der Waals surface area contributed by atoms with Gasteiger partial charge in [0.25, 0.3) is 0 Å². The average molecular weight is 864 g/mol. The summed E-state index contributed by atoms with van der Waals surface area (Å²) in [5, 5.41) is 8.90. The molecule has 0 rings (SSSR count). The number of nitrogens with two attached hydrogens (primary N) is 1. The van der Waals surface area contributed by atoms with Crippen LogP contribution in [0.4, 0.5) is 0 Å². The first kappa shape index (κ1) is 56.9. The summed E-state index contributed by atoms with van der Waals surface area (Å²) in [5.74, 6) is -2.43. The molecule has 0 aromatic carbocycles. The van der Waals surface area contributed by atoms with Crippen LogP contribution in [0.2, 0.25) is 0 Å². The van der Waals surface area contributed by atoms with Crippen molar-refractivity contribution >= 4 is 25.7 Å². The fourth-order valence-electron chi connectivity index (χ4n) is 5.85. The van der Waals surface area contributed by atoms with Crippen molar-refractivity contribution in [2.75, 3.05) is 19.8 Å². The normalized spacial score (nSPS) is 14.3. The summed E-state index contributed by atoms with van der Waals surface area (Å²) in [5.41, 5.74) is 5.34. The monoisotopic (exact) mass is 864 g/mol. The molecule has 0 spiro atoms. The van der Waals surface area contributed by atoms with Crippen LogP contribution in [0, 0.1) is 0 Å². The Bertz CT molecular complexity index is 1290. The highest BCUT2D eigenvalue weighted by Gasteiger charge is 2.28. The largest absolute Gasteiger partial charge is 0.480 e. The van der Waals surface area contributed by atoms with Crippen LogP contribution in [-0.2, 0) is 37.5 Å². The second-order valence-electron chi connectivity index (χ2n) is 15.1. The van der Waals surface area contributed by atoms with Crippen molar-refractivity contribution in [1.29, 1.82) is 0 Å². The highest BCUT2D eigenvalue weighted by atomic mass is 31.2. The van der Waals surface area contributed by atoms with E-state index in [1.165, 1.54) is 64.2 Å². The van der Waals surface area contributed by atoms with E-state index in [0.29, 0.717) is 12.8 Å². The van der Waals surface area contributed by atoms with E-state index in [-0.39, 0.29) is 19.4 Å². The molecule has 0 heterocycles. The fraction of sp³-hybridized carbons (Fsp3) is 0.688. The Labute approximate surface area is 363 Å². The molecular formula is C48H82NO10P. The quantitative estimate of drug-likeness (QED) is 0.0231. The van der Waals surface area contributed by atoms with E-state index >= 15 is 0 Å². The fourth-order valence-corrected chi connectivity index (χ4v) is 6.63. The van der Waals surface area contributed by atoms with Crippen molar-refractivity contribution < 1.29 is 47.5 Å². The maximum atomic E-state index is 12.6. The summed E-state index contributed by atoms with van der Waals surface area (Å²) < 4.78 is 32.7. The van der Waals surface area contributed by atoms with Crippen molar-refractivity contribution in [3.8, 4) is 0 Å².